The van der Waals surface area contributed by atoms with E-state index >= 15 is 0 Å². The molecule has 0 saturated heterocycles. The highest BCUT2D eigenvalue weighted by Crippen LogP contribution is 2.26. The van der Waals surface area contributed by atoms with Crippen LogP contribution in [0, 0.1) is 6.92 Å². The smallest absolute Gasteiger partial charge is 0.155 e. The largest absolute Gasteiger partial charge is 0.396 e. The normalized spacial score (nSPS) is 10.3. The number of hydrogen-bond acceptors (Lipinski definition) is 3. The molecule has 0 saturated carbocycles. The number of pyridine rings is 1. The predicted octanol–water partition coefficient (Wildman–Crippen LogP) is 4.13. The lowest BCUT2D eigenvalue weighted by Crippen LogP contribution is -1.99. The van der Waals surface area contributed by atoms with E-state index in [-0.39, 0.29) is 0 Å². The van der Waals surface area contributed by atoms with E-state index in [0.29, 0.717) is 16.7 Å². The third-order valence-electron chi connectivity index (χ3n) is 2.33. The predicted molar refractivity (Wildman–Crippen MR) is 75.8 cm³/mol. The zero-order valence-electron chi connectivity index (χ0n) is 9.17. The molecule has 0 bridgehead atoms. The SMILES string of the molecule is Cc1ccc(Nc2nc(Cl)ccc2N)cc1Br. The molecule has 88 valence electrons. The van der Waals surface area contributed by atoms with Crippen molar-refractivity contribution in [3.63, 3.8) is 0 Å². The Morgan fingerprint density at radius 1 is 1.29 bits per heavy atom. The molecule has 3 nitrogen and oxygen atoms in total. The maximum absolute atomic E-state index is 5.82. The maximum Gasteiger partial charge on any atom is 0.155 e. The van der Waals surface area contributed by atoms with E-state index in [0.717, 1.165) is 10.2 Å². The monoisotopic (exact) mass is 311 g/mol. The fourth-order valence-corrected chi connectivity index (χ4v) is 1.88. The maximum atomic E-state index is 5.82. The van der Waals surface area contributed by atoms with Crippen LogP contribution in [0.4, 0.5) is 17.2 Å². The summed E-state index contributed by atoms with van der Waals surface area (Å²) in [4.78, 5) is 4.13. The van der Waals surface area contributed by atoms with Gasteiger partial charge in [-0.1, -0.05) is 33.6 Å². The zero-order chi connectivity index (χ0) is 12.4. The number of nitrogen functional groups attached to an aromatic ring is 1. The van der Waals surface area contributed by atoms with E-state index in [1.807, 2.05) is 25.1 Å². The van der Waals surface area contributed by atoms with Crippen molar-refractivity contribution < 1.29 is 0 Å². The molecule has 2 rings (SSSR count). The molecule has 0 fully saturated rings. The molecule has 1 heterocycles. The second kappa shape index (κ2) is 4.94. The lowest BCUT2D eigenvalue weighted by atomic mass is 10.2. The van der Waals surface area contributed by atoms with Crippen LogP contribution in [-0.2, 0) is 0 Å². The number of nitrogens with zero attached hydrogens (tertiary/aromatic N) is 1. The first-order valence-electron chi connectivity index (χ1n) is 5.01. The van der Waals surface area contributed by atoms with Gasteiger partial charge in [-0.15, -0.1) is 0 Å². The van der Waals surface area contributed by atoms with Gasteiger partial charge < -0.3 is 11.1 Å². The molecule has 0 aliphatic rings. The minimum atomic E-state index is 0.410. The molecule has 0 aliphatic heterocycles. The summed E-state index contributed by atoms with van der Waals surface area (Å²) in [6.07, 6.45) is 0. The van der Waals surface area contributed by atoms with Crippen molar-refractivity contribution in [1.82, 2.24) is 4.98 Å². The first-order chi connectivity index (χ1) is 8.06. The van der Waals surface area contributed by atoms with Crippen molar-refractivity contribution in [3.8, 4) is 0 Å². The summed E-state index contributed by atoms with van der Waals surface area (Å²) in [5.74, 6) is 0.563. The average molecular weight is 313 g/mol. The van der Waals surface area contributed by atoms with E-state index in [2.05, 4.69) is 26.2 Å². The van der Waals surface area contributed by atoms with Crippen LogP contribution in [0.5, 0.6) is 0 Å². The highest BCUT2D eigenvalue weighted by atomic mass is 79.9. The Hall–Kier alpha value is -1.26. The van der Waals surface area contributed by atoms with Crippen LogP contribution in [0.3, 0.4) is 0 Å². The van der Waals surface area contributed by atoms with Gasteiger partial charge in [0.25, 0.3) is 0 Å². The van der Waals surface area contributed by atoms with Crippen LogP contribution in [0.15, 0.2) is 34.8 Å². The van der Waals surface area contributed by atoms with Gasteiger partial charge in [0.05, 0.1) is 5.69 Å². The van der Waals surface area contributed by atoms with Crippen LogP contribution in [0.2, 0.25) is 5.15 Å². The van der Waals surface area contributed by atoms with E-state index < -0.39 is 0 Å². The second-order valence-corrected chi connectivity index (χ2v) is 4.90. The van der Waals surface area contributed by atoms with Crippen LogP contribution in [0.25, 0.3) is 0 Å². The number of rotatable bonds is 2. The number of hydrogen-bond donors (Lipinski definition) is 2. The first-order valence-corrected chi connectivity index (χ1v) is 6.18. The van der Waals surface area contributed by atoms with Crippen LogP contribution >= 0.6 is 27.5 Å². The Bertz CT molecular complexity index is 557. The van der Waals surface area contributed by atoms with E-state index in [1.54, 1.807) is 12.1 Å². The van der Waals surface area contributed by atoms with Gasteiger partial charge in [0.15, 0.2) is 5.82 Å². The summed E-state index contributed by atoms with van der Waals surface area (Å²) < 4.78 is 1.03. The van der Waals surface area contributed by atoms with Crippen molar-refractivity contribution >= 4 is 44.7 Å². The van der Waals surface area contributed by atoms with Gasteiger partial charge in [0.2, 0.25) is 0 Å². The average Bonchev–Trinajstić information content (AvgIpc) is 2.29. The number of anilines is 3. The molecular weight excluding hydrogens is 302 g/mol. The Labute approximate surface area is 113 Å². The van der Waals surface area contributed by atoms with Gasteiger partial charge in [-0.25, -0.2) is 4.98 Å². The summed E-state index contributed by atoms with van der Waals surface area (Å²) in [7, 11) is 0. The number of halogens is 2. The van der Waals surface area contributed by atoms with Gasteiger partial charge in [0.1, 0.15) is 5.15 Å². The van der Waals surface area contributed by atoms with Crippen LogP contribution < -0.4 is 11.1 Å². The summed E-state index contributed by atoms with van der Waals surface area (Å²) >= 11 is 9.30. The number of nitrogens with two attached hydrogens (primary N) is 1. The summed E-state index contributed by atoms with van der Waals surface area (Å²) in [5, 5.41) is 3.54. The molecule has 1 aromatic carbocycles. The molecule has 0 amide bonds. The van der Waals surface area contributed by atoms with Crippen molar-refractivity contribution in [2.45, 2.75) is 6.92 Å². The fraction of sp³-hybridized carbons (Fsp3) is 0.0833. The van der Waals surface area contributed by atoms with E-state index in [4.69, 9.17) is 17.3 Å². The van der Waals surface area contributed by atoms with Gasteiger partial charge in [0, 0.05) is 10.2 Å². The molecule has 0 radical (unpaired) electrons. The summed E-state index contributed by atoms with van der Waals surface area (Å²) in [5.41, 5.74) is 8.45. The van der Waals surface area contributed by atoms with Crippen molar-refractivity contribution in [1.29, 1.82) is 0 Å². The first kappa shape index (κ1) is 12.2. The molecule has 3 N–H and O–H groups in total. The number of aryl methyl sites for hydroxylation is 1. The Balaban J connectivity index is 2.31. The lowest BCUT2D eigenvalue weighted by Gasteiger charge is -2.09. The topological polar surface area (TPSA) is 50.9 Å². The van der Waals surface area contributed by atoms with Crippen LogP contribution in [0.1, 0.15) is 5.56 Å². The van der Waals surface area contributed by atoms with Gasteiger partial charge >= 0.3 is 0 Å². The quantitative estimate of drug-likeness (QED) is 0.820. The third-order valence-corrected chi connectivity index (χ3v) is 3.39. The van der Waals surface area contributed by atoms with E-state index in [1.165, 1.54) is 5.56 Å². The van der Waals surface area contributed by atoms with Gasteiger partial charge in [-0.05, 0) is 36.8 Å². The zero-order valence-corrected chi connectivity index (χ0v) is 11.5. The molecule has 2 aromatic rings. The minimum Gasteiger partial charge on any atom is -0.396 e. The molecule has 0 unspecified atom stereocenters. The second-order valence-electron chi connectivity index (χ2n) is 3.66. The van der Waals surface area contributed by atoms with Crippen LogP contribution in [-0.4, -0.2) is 4.98 Å². The number of aromatic nitrogens is 1. The molecular formula is C12H11BrClN3. The highest BCUT2D eigenvalue weighted by molar-refractivity contribution is 9.10. The van der Waals surface area contributed by atoms with Crippen molar-refractivity contribution in [2.75, 3.05) is 11.1 Å². The van der Waals surface area contributed by atoms with E-state index in [9.17, 15) is 0 Å². The molecule has 0 atom stereocenters. The molecule has 0 aliphatic carbocycles. The molecule has 0 spiro atoms. The van der Waals surface area contributed by atoms with Gasteiger partial charge in [-0.3, -0.25) is 0 Å². The fourth-order valence-electron chi connectivity index (χ4n) is 1.35. The minimum absolute atomic E-state index is 0.410. The Morgan fingerprint density at radius 3 is 2.76 bits per heavy atom. The molecule has 17 heavy (non-hydrogen) atoms. The lowest BCUT2D eigenvalue weighted by molar-refractivity contribution is 1.30. The summed E-state index contributed by atoms with van der Waals surface area (Å²) in [6, 6.07) is 9.32. The third kappa shape index (κ3) is 2.90. The summed E-state index contributed by atoms with van der Waals surface area (Å²) in [6.45, 7) is 2.03. The highest BCUT2D eigenvalue weighted by Gasteiger charge is 2.03. The molecule has 1 aromatic heterocycles. The molecule has 5 heteroatoms. The van der Waals surface area contributed by atoms with Crippen molar-refractivity contribution in [2.24, 2.45) is 0 Å². The van der Waals surface area contributed by atoms with Crippen molar-refractivity contribution in [3.05, 3.63) is 45.5 Å². The number of benzene rings is 1. The standard InChI is InChI=1S/C12H11BrClN3/c1-7-2-3-8(6-9(7)13)16-12-10(15)4-5-11(14)17-12/h2-6H,15H2,1H3,(H,16,17). The Kier molecular flexibility index (Phi) is 3.54. The number of nitrogens with one attached hydrogen (secondary N) is 1. The van der Waals surface area contributed by atoms with Gasteiger partial charge in [-0.2, -0.15) is 0 Å². The Morgan fingerprint density at radius 2 is 2.06 bits per heavy atom.